The van der Waals surface area contributed by atoms with Crippen LogP contribution in [0.3, 0.4) is 0 Å². The molecule has 0 aliphatic heterocycles. The van der Waals surface area contributed by atoms with E-state index in [2.05, 4.69) is 43.9 Å². The number of aryl methyl sites for hydroxylation is 1. The number of aromatic nitrogens is 2. The van der Waals surface area contributed by atoms with Crippen molar-refractivity contribution < 1.29 is 9.53 Å². The molecule has 5 heteroatoms. The summed E-state index contributed by atoms with van der Waals surface area (Å²) in [6, 6.07) is 15.0. The van der Waals surface area contributed by atoms with Crippen LogP contribution in [0.15, 0.2) is 54.9 Å². The fraction of sp³-hybridized carbons (Fsp3) is 0.273. The quantitative estimate of drug-likeness (QED) is 0.539. The number of nitrogens with zero attached hydrogens (tertiary/aromatic N) is 2. The zero-order valence-electron chi connectivity index (χ0n) is 15.4. The highest BCUT2D eigenvalue weighted by Gasteiger charge is 2.21. The molecular formula is C22H23N3O2. The molecule has 138 valence electrons. The van der Waals surface area contributed by atoms with E-state index in [-0.39, 0.29) is 5.97 Å². The van der Waals surface area contributed by atoms with Crippen molar-refractivity contribution in [2.45, 2.75) is 25.4 Å². The van der Waals surface area contributed by atoms with Crippen LogP contribution in [0.5, 0.6) is 0 Å². The summed E-state index contributed by atoms with van der Waals surface area (Å²) in [7, 11) is 1.39. The zero-order chi connectivity index (χ0) is 18.6. The number of ether oxygens (including phenoxy) is 1. The maximum Gasteiger partial charge on any atom is 0.330 e. The average molecular weight is 361 g/mol. The number of methoxy groups -OCH3 is 1. The van der Waals surface area contributed by atoms with E-state index >= 15 is 0 Å². The maximum atomic E-state index is 11.2. The van der Waals surface area contributed by atoms with E-state index < -0.39 is 0 Å². The first-order valence-electron chi connectivity index (χ1n) is 9.27. The maximum absolute atomic E-state index is 11.2. The smallest absolute Gasteiger partial charge is 0.330 e. The number of nitrogens with one attached hydrogen (secondary N) is 1. The minimum absolute atomic E-state index is 0.331. The fourth-order valence-electron chi connectivity index (χ4n) is 3.73. The van der Waals surface area contributed by atoms with Gasteiger partial charge in [0.05, 0.1) is 24.5 Å². The van der Waals surface area contributed by atoms with Crippen molar-refractivity contribution in [2.24, 2.45) is 0 Å². The molecule has 3 aromatic rings. The van der Waals surface area contributed by atoms with Crippen molar-refractivity contribution in [3.05, 3.63) is 71.6 Å². The predicted molar refractivity (Wildman–Crippen MR) is 106 cm³/mol. The van der Waals surface area contributed by atoms with Gasteiger partial charge in [-0.2, -0.15) is 0 Å². The number of imidazole rings is 1. The molecule has 1 aliphatic rings. The molecule has 1 N–H and O–H groups in total. The molecule has 0 spiro atoms. The van der Waals surface area contributed by atoms with Crippen LogP contribution in [0.1, 0.15) is 29.2 Å². The van der Waals surface area contributed by atoms with Crippen LogP contribution in [-0.2, 0) is 22.5 Å². The lowest BCUT2D eigenvalue weighted by molar-refractivity contribution is -0.134. The molecule has 1 unspecified atom stereocenters. The second-order valence-electron chi connectivity index (χ2n) is 6.79. The number of hydrogen-bond donors (Lipinski definition) is 1. The Hall–Kier alpha value is -2.92. The molecule has 0 saturated carbocycles. The van der Waals surface area contributed by atoms with E-state index in [1.54, 1.807) is 6.08 Å². The summed E-state index contributed by atoms with van der Waals surface area (Å²) in [4.78, 5) is 15.7. The summed E-state index contributed by atoms with van der Waals surface area (Å²) >= 11 is 0. The zero-order valence-corrected chi connectivity index (χ0v) is 15.4. The summed E-state index contributed by atoms with van der Waals surface area (Å²) in [6.07, 6.45) is 7.33. The average Bonchev–Trinajstić information content (AvgIpc) is 3.30. The standard InChI is InChI=1S/C22H23N3O2/c1-27-22(26)11-7-16-6-9-18-17(14-16)8-10-19(18)23-12-13-25-15-24-20-4-2-3-5-21(20)25/h2-7,9,11,14-15,19,23H,8,10,12-13H2,1H3. The van der Waals surface area contributed by atoms with Gasteiger partial charge in [0.2, 0.25) is 0 Å². The molecule has 5 nitrogen and oxygen atoms in total. The normalized spacial score (nSPS) is 16.1. The van der Waals surface area contributed by atoms with Crippen molar-refractivity contribution in [3.8, 4) is 0 Å². The Labute approximate surface area is 158 Å². The van der Waals surface area contributed by atoms with Gasteiger partial charge in [0.25, 0.3) is 0 Å². The first-order valence-corrected chi connectivity index (χ1v) is 9.27. The summed E-state index contributed by atoms with van der Waals surface area (Å²) in [6.45, 7) is 1.79. The van der Waals surface area contributed by atoms with Gasteiger partial charge >= 0.3 is 5.97 Å². The Morgan fingerprint density at radius 3 is 3.11 bits per heavy atom. The predicted octanol–water partition coefficient (Wildman–Crippen LogP) is 3.50. The highest BCUT2D eigenvalue weighted by molar-refractivity contribution is 5.87. The Bertz CT molecular complexity index is 990. The second-order valence-corrected chi connectivity index (χ2v) is 6.79. The SMILES string of the molecule is COC(=O)C=Cc1ccc2c(c1)CCC2NCCn1cnc2ccccc21. The molecule has 1 aliphatic carbocycles. The van der Waals surface area contributed by atoms with Crippen LogP contribution in [0.2, 0.25) is 0 Å². The fourth-order valence-corrected chi connectivity index (χ4v) is 3.73. The van der Waals surface area contributed by atoms with Crippen molar-refractivity contribution in [2.75, 3.05) is 13.7 Å². The lowest BCUT2D eigenvalue weighted by atomic mass is 10.0. The monoisotopic (exact) mass is 361 g/mol. The van der Waals surface area contributed by atoms with Crippen molar-refractivity contribution in [3.63, 3.8) is 0 Å². The van der Waals surface area contributed by atoms with Gasteiger partial charge in [0, 0.05) is 25.2 Å². The molecule has 0 amide bonds. The van der Waals surface area contributed by atoms with Crippen LogP contribution in [0.4, 0.5) is 0 Å². The van der Waals surface area contributed by atoms with Gasteiger partial charge in [-0.1, -0.05) is 30.3 Å². The summed E-state index contributed by atoms with van der Waals surface area (Å²) in [5.74, 6) is -0.331. The van der Waals surface area contributed by atoms with Crippen molar-refractivity contribution in [1.82, 2.24) is 14.9 Å². The molecule has 27 heavy (non-hydrogen) atoms. The van der Waals surface area contributed by atoms with E-state index in [4.69, 9.17) is 0 Å². The van der Waals surface area contributed by atoms with Crippen molar-refractivity contribution >= 4 is 23.1 Å². The van der Waals surface area contributed by atoms with Crippen LogP contribution in [0.25, 0.3) is 17.1 Å². The summed E-state index contributed by atoms with van der Waals surface area (Å²) < 4.78 is 6.83. The van der Waals surface area contributed by atoms with Crippen molar-refractivity contribution in [1.29, 1.82) is 0 Å². The van der Waals surface area contributed by atoms with Crippen LogP contribution >= 0.6 is 0 Å². The Balaban J connectivity index is 1.38. The van der Waals surface area contributed by atoms with E-state index in [1.165, 1.54) is 29.8 Å². The summed E-state index contributed by atoms with van der Waals surface area (Å²) in [5, 5.41) is 3.68. The number of carbonyl (C=O) groups excluding carboxylic acids is 1. The van der Waals surface area contributed by atoms with Crippen LogP contribution in [0, 0.1) is 0 Å². The number of hydrogen-bond acceptors (Lipinski definition) is 4. The number of esters is 1. The minimum Gasteiger partial charge on any atom is -0.466 e. The Morgan fingerprint density at radius 2 is 2.22 bits per heavy atom. The number of benzene rings is 2. The van der Waals surface area contributed by atoms with E-state index in [0.717, 1.165) is 37.0 Å². The molecule has 2 aromatic carbocycles. The molecular weight excluding hydrogens is 338 g/mol. The summed E-state index contributed by atoms with van der Waals surface area (Å²) in [5.41, 5.74) is 5.96. The molecule has 0 fully saturated rings. The number of para-hydroxylation sites is 2. The number of fused-ring (bicyclic) bond motifs is 2. The molecule has 1 aromatic heterocycles. The third-order valence-electron chi connectivity index (χ3n) is 5.13. The van der Waals surface area contributed by atoms with Gasteiger partial charge in [0.1, 0.15) is 0 Å². The Kier molecular flexibility index (Phi) is 5.03. The van der Waals surface area contributed by atoms with Gasteiger partial charge in [-0.05, 0) is 47.7 Å². The molecule has 0 radical (unpaired) electrons. The van der Waals surface area contributed by atoms with Crippen LogP contribution in [-0.4, -0.2) is 29.2 Å². The molecule has 1 heterocycles. The van der Waals surface area contributed by atoms with E-state index in [9.17, 15) is 4.79 Å². The first-order chi connectivity index (χ1) is 13.2. The second kappa shape index (κ2) is 7.76. The Morgan fingerprint density at radius 1 is 1.33 bits per heavy atom. The third-order valence-corrected chi connectivity index (χ3v) is 5.13. The first kappa shape index (κ1) is 17.5. The lowest BCUT2D eigenvalue weighted by Crippen LogP contribution is -2.23. The number of rotatable bonds is 6. The van der Waals surface area contributed by atoms with Gasteiger partial charge < -0.3 is 14.6 Å². The lowest BCUT2D eigenvalue weighted by Gasteiger charge is -2.15. The third kappa shape index (κ3) is 3.78. The topological polar surface area (TPSA) is 56.1 Å². The molecule has 1 atom stereocenters. The van der Waals surface area contributed by atoms with Gasteiger partial charge in [-0.25, -0.2) is 9.78 Å². The minimum atomic E-state index is -0.331. The van der Waals surface area contributed by atoms with E-state index in [0.29, 0.717) is 6.04 Å². The molecule has 4 rings (SSSR count). The van der Waals surface area contributed by atoms with Gasteiger partial charge in [0.15, 0.2) is 0 Å². The van der Waals surface area contributed by atoms with Gasteiger partial charge in [-0.15, -0.1) is 0 Å². The van der Waals surface area contributed by atoms with E-state index in [1.807, 2.05) is 24.5 Å². The highest BCUT2D eigenvalue weighted by Crippen LogP contribution is 2.32. The van der Waals surface area contributed by atoms with Crippen LogP contribution < -0.4 is 5.32 Å². The molecule has 0 bridgehead atoms. The molecule has 0 saturated heterocycles. The highest BCUT2D eigenvalue weighted by atomic mass is 16.5. The number of carbonyl (C=O) groups is 1. The largest absolute Gasteiger partial charge is 0.466 e. The van der Waals surface area contributed by atoms with Gasteiger partial charge in [-0.3, -0.25) is 0 Å².